The smallest absolute Gasteiger partial charge is 0.295 e. The van der Waals surface area contributed by atoms with Gasteiger partial charge in [-0.15, -0.1) is 0 Å². The molecule has 1 unspecified atom stereocenters. The van der Waals surface area contributed by atoms with Gasteiger partial charge in [0.25, 0.3) is 11.7 Å². The van der Waals surface area contributed by atoms with Crippen molar-refractivity contribution < 1.29 is 28.9 Å². The number of methoxy groups -OCH3 is 2. The topological polar surface area (TPSA) is 85.3 Å². The van der Waals surface area contributed by atoms with E-state index < -0.39 is 17.7 Å². The molecule has 32 heavy (non-hydrogen) atoms. The van der Waals surface area contributed by atoms with Crippen molar-refractivity contribution in [2.45, 2.75) is 32.4 Å². The molecule has 1 fully saturated rings. The molecule has 0 spiro atoms. The highest BCUT2D eigenvalue weighted by atomic mass is 16.5. The van der Waals surface area contributed by atoms with Gasteiger partial charge >= 0.3 is 0 Å². The van der Waals surface area contributed by atoms with E-state index in [0.29, 0.717) is 42.2 Å². The highest BCUT2D eigenvalue weighted by Gasteiger charge is 2.46. The number of nitrogens with zero attached hydrogens (tertiary/aromatic N) is 1. The average molecular weight is 440 g/mol. The Morgan fingerprint density at radius 2 is 1.72 bits per heavy atom. The fourth-order valence-electron chi connectivity index (χ4n) is 3.78. The number of aliphatic hydroxyl groups excluding tert-OH is 1. The molecule has 1 heterocycles. The summed E-state index contributed by atoms with van der Waals surface area (Å²) in [6.45, 7) is 4.66. The number of para-hydroxylation sites is 1. The van der Waals surface area contributed by atoms with Gasteiger partial charge in [-0.25, -0.2) is 0 Å². The van der Waals surface area contributed by atoms with Gasteiger partial charge in [0.2, 0.25) is 0 Å². The van der Waals surface area contributed by atoms with Crippen molar-refractivity contribution in [3.63, 3.8) is 0 Å². The van der Waals surface area contributed by atoms with Crippen LogP contribution >= 0.6 is 0 Å². The summed E-state index contributed by atoms with van der Waals surface area (Å²) >= 11 is 0. The van der Waals surface area contributed by atoms with Crippen LogP contribution in [0.1, 0.15) is 37.4 Å². The monoisotopic (exact) mass is 439 g/mol. The van der Waals surface area contributed by atoms with Gasteiger partial charge in [0.05, 0.1) is 37.5 Å². The number of ether oxygens (including phenoxy) is 3. The number of ketones is 1. The van der Waals surface area contributed by atoms with Gasteiger partial charge in [0, 0.05) is 13.2 Å². The first-order chi connectivity index (χ1) is 15.4. The van der Waals surface area contributed by atoms with Crippen LogP contribution < -0.4 is 9.47 Å². The van der Waals surface area contributed by atoms with Crippen LogP contribution in [-0.4, -0.2) is 55.2 Å². The van der Waals surface area contributed by atoms with Gasteiger partial charge in [-0.2, -0.15) is 0 Å². The molecule has 1 N–H and O–H groups in total. The second-order valence-corrected chi connectivity index (χ2v) is 7.74. The average Bonchev–Trinajstić information content (AvgIpc) is 3.06. The van der Waals surface area contributed by atoms with E-state index in [4.69, 9.17) is 14.2 Å². The third kappa shape index (κ3) is 4.78. The van der Waals surface area contributed by atoms with Crippen LogP contribution in [-0.2, 0) is 14.3 Å². The summed E-state index contributed by atoms with van der Waals surface area (Å²) in [5.41, 5.74) is 1.09. The normalized spacial score (nSPS) is 17.8. The summed E-state index contributed by atoms with van der Waals surface area (Å²) in [6.07, 6.45) is 0.639. The Kier molecular flexibility index (Phi) is 7.53. The van der Waals surface area contributed by atoms with Crippen molar-refractivity contribution in [2.24, 2.45) is 0 Å². The van der Waals surface area contributed by atoms with Gasteiger partial charge in [-0.1, -0.05) is 24.3 Å². The number of carbonyl (C=O) groups excluding carboxylic acids is 2. The molecule has 1 aliphatic heterocycles. The number of hydrogen-bond donors (Lipinski definition) is 1. The van der Waals surface area contributed by atoms with Crippen molar-refractivity contribution >= 4 is 17.4 Å². The molecular weight excluding hydrogens is 410 g/mol. The lowest BCUT2D eigenvalue weighted by Gasteiger charge is -2.25. The van der Waals surface area contributed by atoms with E-state index >= 15 is 0 Å². The molecule has 0 aliphatic carbocycles. The quantitative estimate of drug-likeness (QED) is 0.276. The Morgan fingerprint density at radius 1 is 1.03 bits per heavy atom. The fourth-order valence-corrected chi connectivity index (χ4v) is 3.78. The maximum Gasteiger partial charge on any atom is 0.295 e. The van der Waals surface area contributed by atoms with Crippen LogP contribution in [0.5, 0.6) is 11.5 Å². The first-order valence-electron chi connectivity index (χ1n) is 10.6. The third-order valence-electron chi connectivity index (χ3n) is 5.33. The molecule has 7 nitrogen and oxygen atoms in total. The summed E-state index contributed by atoms with van der Waals surface area (Å²) in [5.74, 6) is -0.566. The number of rotatable bonds is 9. The van der Waals surface area contributed by atoms with Crippen molar-refractivity contribution in [1.82, 2.24) is 4.90 Å². The fraction of sp³-hybridized carbons (Fsp3) is 0.360. The first kappa shape index (κ1) is 23.3. The predicted octanol–water partition coefficient (Wildman–Crippen LogP) is 3.94. The molecule has 0 aromatic heterocycles. The molecule has 1 atom stereocenters. The SMILES string of the molecule is COc1ccc(C2/C(=C(/O)c3ccccc3OC)C(=O)C(=O)N2CCCOC(C)C)cc1. The maximum atomic E-state index is 13.1. The van der Waals surface area contributed by atoms with E-state index in [2.05, 4.69) is 0 Å². The Labute approximate surface area is 188 Å². The molecule has 1 saturated heterocycles. The first-order valence-corrected chi connectivity index (χ1v) is 10.6. The van der Waals surface area contributed by atoms with Crippen LogP contribution in [0, 0.1) is 0 Å². The lowest BCUT2D eigenvalue weighted by atomic mass is 9.95. The van der Waals surface area contributed by atoms with E-state index in [1.807, 2.05) is 13.8 Å². The minimum Gasteiger partial charge on any atom is -0.507 e. The molecule has 0 radical (unpaired) electrons. The summed E-state index contributed by atoms with van der Waals surface area (Å²) in [6, 6.07) is 13.2. The third-order valence-corrected chi connectivity index (χ3v) is 5.33. The minimum atomic E-state index is -0.732. The number of amides is 1. The van der Waals surface area contributed by atoms with Crippen LogP contribution in [0.3, 0.4) is 0 Å². The van der Waals surface area contributed by atoms with Crippen LogP contribution in [0.15, 0.2) is 54.1 Å². The summed E-state index contributed by atoms with van der Waals surface area (Å²) in [7, 11) is 3.05. The Morgan fingerprint density at radius 3 is 2.34 bits per heavy atom. The number of Topliss-reactive ketones (excluding diaryl/α,β-unsaturated/α-hetero) is 1. The second-order valence-electron chi connectivity index (χ2n) is 7.74. The molecule has 7 heteroatoms. The molecule has 3 rings (SSSR count). The van der Waals surface area contributed by atoms with Crippen molar-refractivity contribution in [3.8, 4) is 11.5 Å². The lowest BCUT2D eigenvalue weighted by molar-refractivity contribution is -0.140. The van der Waals surface area contributed by atoms with Crippen LogP contribution in [0.2, 0.25) is 0 Å². The Balaban J connectivity index is 2.06. The van der Waals surface area contributed by atoms with Crippen molar-refractivity contribution in [2.75, 3.05) is 27.4 Å². The molecule has 0 bridgehead atoms. The lowest BCUT2D eigenvalue weighted by Crippen LogP contribution is -2.31. The summed E-state index contributed by atoms with van der Waals surface area (Å²) < 4.78 is 16.2. The van der Waals surface area contributed by atoms with E-state index in [9.17, 15) is 14.7 Å². The van der Waals surface area contributed by atoms with E-state index in [0.717, 1.165) is 0 Å². The van der Waals surface area contributed by atoms with Crippen LogP contribution in [0.4, 0.5) is 0 Å². The van der Waals surface area contributed by atoms with Gasteiger partial charge in [-0.3, -0.25) is 9.59 Å². The standard InChI is InChI=1S/C25H29NO6/c1-16(2)32-15-7-14-26-22(17-10-12-18(30-3)13-11-17)21(24(28)25(26)29)23(27)19-8-5-6-9-20(19)31-4/h5-6,8-13,16,22,27H,7,14-15H2,1-4H3/b23-21-. The maximum absolute atomic E-state index is 13.1. The molecule has 170 valence electrons. The van der Waals surface area contributed by atoms with Gasteiger partial charge in [0.1, 0.15) is 17.3 Å². The van der Waals surface area contributed by atoms with Crippen LogP contribution in [0.25, 0.3) is 5.76 Å². The highest BCUT2D eigenvalue weighted by Crippen LogP contribution is 2.41. The highest BCUT2D eigenvalue weighted by molar-refractivity contribution is 6.46. The van der Waals surface area contributed by atoms with Gasteiger partial charge in [-0.05, 0) is 50.1 Å². The Bertz CT molecular complexity index is 996. The molecule has 2 aromatic rings. The number of benzene rings is 2. The number of hydrogen-bond acceptors (Lipinski definition) is 6. The second kappa shape index (κ2) is 10.3. The number of likely N-dealkylation sites (tertiary alicyclic amines) is 1. The zero-order valence-corrected chi connectivity index (χ0v) is 18.8. The summed E-state index contributed by atoms with van der Waals surface area (Å²) in [5, 5.41) is 11.2. The molecule has 1 aliphatic rings. The zero-order valence-electron chi connectivity index (χ0n) is 18.8. The molecule has 1 amide bonds. The van der Waals surface area contributed by atoms with Gasteiger partial charge < -0.3 is 24.2 Å². The van der Waals surface area contributed by atoms with E-state index in [-0.39, 0.29) is 17.4 Å². The van der Waals surface area contributed by atoms with Crippen molar-refractivity contribution in [1.29, 1.82) is 0 Å². The predicted molar refractivity (Wildman–Crippen MR) is 121 cm³/mol. The van der Waals surface area contributed by atoms with Crippen molar-refractivity contribution in [3.05, 3.63) is 65.2 Å². The minimum absolute atomic E-state index is 0.0365. The largest absolute Gasteiger partial charge is 0.507 e. The van der Waals surface area contributed by atoms with E-state index in [1.54, 1.807) is 55.6 Å². The molecular formula is C25H29NO6. The molecule has 0 saturated carbocycles. The zero-order chi connectivity index (χ0) is 23.3. The Hall–Kier alpha value is -3.32. The molecule has 2 aromatic carbocycles. The number of carbonyl (C=O) groups is 2. The van der Waals surface area contributed by atoms with Gasteiger partial charge in [0.15, 0.2) is 0 Å². The number of aliphatic hydroxyl groups is 1. The van der Waals surface area contributed by atoms with E-state index in [1.165, 1.54) is 12.0 Å². The summed E-state index contributed by atoms with van der Waals surface area (Å²) in [4.78, 5) is 27.5.